The van der Waals surface area contributed by atoms with Gasteiger partial charge in [-0.05, 0) is 17.7 Å². The Hall–Kier alpha value is -1.75. The second-order valence-corrected chi connectivity index (χ2v) is 3.52. The van der Waals surface area contributed by atoms with Gasteiger partial charge in [-0.2, -0.15) is 4.80 Å². The smallest absolute Gasteiger partial charge is 0.205 e. The number of benzene rings is 1. The zero-order valence-electron chi connectivity index (χ0n) is 9.42. The normalized spacial score (nSPS) is 10.6. The molecule has 84 valence electrons. The van der Waals surface area contributed by atoms with Crippen molar-refractivity contribution in [1.82, 2.24) is 20.2 Å². The Morgan fingerprint density at radius 2 is 2.12 bits per heavy atom. The van der Waals surface area contributed by atoms with Crippen molar-refractivity contribution in [3.8, 4) is 11.4 Å². The topological polar surface area (TPSA) is 52.8 Å². The van der Waals surface area contributed by atoms with E-state index in [-0.39, 0.29) is 0 Å². The Morgan fingerprint density at radius 3 is 2.88 bits per heavy atom. The lowest BCUT2D eigenvalue weighted by Gasteiger charge is -1.99. The standard InChI is InChI=1S/C11H14N4O/c1-9-5-3-4-6-10(9)11-12-14-15(13-11)7-8-16-2/h3-6H,7-8H2,1-2H3. The van der Waals surface area contributed by atoms with Gasteiger partial charge in [-0.1, -0.05) is 24.3 Å². The highest BCUT2D eigenvalue weighted by Gasteiger charge is 2.07. The van der Waals surface area contributed by atoms with Gasteiger partial charge >= 0.3 is 0 Å². The summed E-state index contributed by atoms with van der Waals surface area (Å²) in [5.74, 6) is 0.661. The molecule has 0 amide bonds. The van der Waals surface area contributed by atoms with E-state index < -0.39 is 0 Å². The first kappa shape index (κ1) is 10.8. The van der Waals surface area contributed by atoms with Gasteiger partial charge in [0.15, 0.2) is 0 Å². The van der Waals surface area contributed by atoms with Crippen LogP contribution in [0.3, 0.4) is 0 Å². The van der Waals surface area contributed by atoms with Crippen molar-refractivity contribution in [1.29, 1.82) is 0 Å². The van der Waals surface area contributed by atoms with Gasteiger partial charge in [0.1, 0.15) is 0 Å². The largest absolute Gasteiger partial charge is 0.383 e. The van der Waals surface area contributed by atoms with Crippen LogP contribution < -0.4 is 0 Å². The SMILES string of the molecule is COCCn1nnc(-c2ccccc2C)n1. The van der Waals surface area contributed by atoms with Crippen LogP contribution in [-0.2, 0) is 11.3 Å². The molecule has 16 heavy (non-hydrogen) atoms. The molecule has 1 aromatic heterocycles. The van der Waals surface area contributed by atoms with Gasteiger partial charge < -0.3 is 4.74 Å². The quantitative estimate of drug-likeness (QED) is 0.776. The fourth-order valence-corrected chi connectivity index (χ4v) is 1.44. The zero-order chi connectivity index (χ0) is 11.4. The first-order valence-corrected chi connectivity index (χ1v) is 5.14. The molecule has 1 aromatic carbocycles. The van der Waals surface area contributed by atoms with E-state index in [0.29, 0.717) is 19.0 Å². The summed E-state index contributed by atoms with van der Waals surface area (Å²) in [6.45, 7) is 3.24. The summed E-state index contributed by atoms with van der Waals surface area (Å²) in [4.78, 5) is 1.55. The maximum absolute atomic E-state index is 4.96. The van der Waals surface area contributed by atoms with Crippen LogP contribution in [0.5, 0.6) is 0 Å². The molecule has 0 aliphatic rings. The second-order valence-electron chi connectivity index (χ2n) is 3.52. The maximum atomic E-state index is 4.96. The number of ether oxygens (including phenoxy) is 1. The summed E-state index contributed by atoms with van der Waals surface area (Å²) in [5, 5.41) is 12.3. The molecule has 0 fully saturated rings. The van der Waals surface area contributed by atoms with Gasteiger partial charge in [0.25, 0.3) is 0 Å². The molecule has 0 unspecified atom stereocenters. The van der Waals surface area contributed by atoms with E-state index in [1.165, 1.54) is 0 Å². The van der Waals surface area contributed by atoms with Crippen LogP contribution in [0.1, 0.15) is 5.56 Å². The van der Waals surface area contributed by atoms with Crippen molar-refractivity contribution < 1.29 is 4.74 Å². The van der Waals surface area contributed by atoms with E-state index in [0.717, 1.165) is 11.1 Å². The molecule has 5 heteroatoms. The molecule has 0 bridgehead atoms. The van der Waals surface area contributed by atoms with Crippen LogP contribution in [0.25, 0.3) is 11.4 Å². The fourth-order valence-electron chi connectivity index (χ4n) is 1.44. The number of methoxy groups -OCH3 is 1. The Labute approximate surface area is 94.0 Å². The molecule has 0 aliphatic carbocycles. The van der Waals surface area contributed by atoms with Crippen molar-refractivity contribution in [2.45, 2.75) is 13.5 Å². The molecule has 2 aromatic rings. The number of hydrogen-bond acceptors (Lipinski definition) is 4. The molecular weight excluding hydrogens is 204 g/mol. The van der Waals surface area contributed by atoms with E-state index >= 15 is 0 Å². The molecule has 0 atom stereocenters. The van der Waals surface area contributed by atoms with E-state index in [9.17, 15) is 0 Å². The van der Waals surface area contributed by atoms with E-state index in [4.69, 9.17) is 4.74 Å². The van der Waals surface area contributed by atoms with Gasteiger partial charge in [-0.15, -0.1) is 10.2 Å². The third-order valence-corrected chi connectivity index (χ3v) is 2.33. The molecule has 1 heterocycles. The monoisotopic (exact) mass is 218 g/mol. The Balaban J connectivity index is 2.22. The van der Waals surface area contributed by atoms with E-state index in [1.807, 2.05) is 31.2 Å². The molecule has 0 N–H and O–H groups in total. The van der Waals surface area contributed by atoms with Crippen LogP contribution in [0.2, 0.25) is 0 Å². The Morgan fingerprint density at radius 1 is 1.31 bits per heavy atom. The molecular formula is C11H14N4O. The van der Waals surface area contributed by atoms with E-state index in [1.54, 1.807) is 11.9 Å². The molecule has 0 spiro atoms. The number of nitrogens with zero attached hydrogens (tertiary/aromatic N) is 4. The van der Waals surface area contributed by atoms with Gasteiger partial charge in [0.2, 0.25) is 5.82 Å². The average Bonchev–Trinajstić information content (AvgIpc) is 2.75. The van der Waals surface area contributed by atoms with Crippen molar-refractivity contribution in [2.24, 2.45) is 0 Å². The number of tetrazole rings is 1. The van der Waals surface area contributed by atoms with Crippen LogP contribution in [0, 0.1) is 6.92 Å². The summed E-state index contributed by atoms with van der Waals surface area (Å²) in [6, 6.07) is 7.99. The number of hydrogen-bond donors (Lipinski definition) is 0. The highest BCUT2D eigenvalue weighted by Crippen LogP contribution is 2.17. The number of aryl methyl sites for hydroxylation is 1. The fraction of sp³-hybridized carbons (Fsp3) is 0.364. The first-order chi connectivity index (χ1) is 7.81. The van der Waals surface area contributed by atoms with Crippen molar-refractivity contribution in [3.05, 3.63) is 29.8 Å². The predicted octanol–water partition coefficient (Wildman–Crippen LogP) is 1.29. The Kier molecular flexibility index (Phi) is 3.26. The molecule has 0 saturated carbocycles. The lowest BCUT2D eigenvalue weighted by molar-refractivity contribution is 0.178. The Bertz CT molecular complexity index is 467. The summed E-state index contributed by atoms with van der Waals surface area (Å²) in [7, 11) is 1.65. The van der Waals surface area contributed by atoms with Crippen LogP contribution in [0.15, 0.2) is 24.3 Å². The third kappa shape index (κ3) is 2.25. The van der Waals surface area contributed by atoms with Gasteiger partial charge in [-0.3, -0.25) is 0 Å². The second kappa shape index (κ2) is 4.85. The minimum Gasteiger partial charge on any atom is -0.383 e. The summed E-state index contributed by atoms with van der Waals surface area (Å²) >= 11 is 0. The van der Waals surface area contributed by atoms with Crippen LogP contribution in [0.4, 0.5) is 0 Å². The summed E-state index contributed by atoms with van der Waals surface area (Å²) < 4.78 is 4.96. The number of aromatic nitrogens is 4. The summed E-state index contributed by atoms with van der Waals surface area (Å²) in [5.41, 5.74) is 2.17. The highest BCUT2D eigenvalue weighted by molar-refractivity contribution is 5.58. The predicted molar refractivity (Wildman–Crippen MR) is 59.9 cm³/mol. The minimum absolute atomic E-state index is 0.587. The van der Waals surface area contributed by atoms with Gasteiger partial charge in [-0.25, -0.2) is 0 Å². The van der Waals surface area contributed by atoms with Crippen LogP contribution >= 0.6 is 0 Å². The van der Waals surface area contributed by atoms with Crippen molar-refractivity contribution >= 4 is 0 Å². The maximum Gasteiger partial charge on any atom is 0.205 e. The van der Waals surface area contributed by atoms with E-state index in [2.05, 4.69) is 15.4 Å². The molecule has 2 rings (SSSR count). The zero-order valence-corrected chi connectivity index (χ0v) is 9.42. The summed E-state index contributed by atoms with van der Waals surface area (Å²) in [6.07, 6.45) is 0. The average molecular weight is 218 g/mol. The van der Waals surface area contributed by atoms with Crippen LogP contribution in [-0.4, -0.2) is 33.9 Å². The molecule has 0 radical (unpaired) electrons. The number of rotatable bonds is 4. The van der Waals surface area contributed by atoms with Gasteiger partial charge in [0, 0.05) is 12.7 Å². The molecule has 0 saturated heterocycles. The van der Waals surface area contributed by atoms with Crippen molar-refractivity contribution in [3.63, 3.8) is 0 Å². The lowest BCUT2D eigenvalue weighted by Crippen LogP contribution is -2.07. The minimum atomic E-state index is 0.587. The lowest BCUT2D eigenvalue weighted by atomic mass is 10.1. The third-order valence-electron chi connectivity index (χ3n) is 2.33. The molecule has 5 nitrogen and oxygen atoms in total. The van der Waals surface area contributed by atoms with Gasteiger partial charge in [0.05, 0.1) is 13.2 Å². The molecule has 0 aliphatic heterocycles. The van der Waals surface area contributed by atoms with Crippen molar-refractivity contribution in [2.75, 3.05) is 13.7 Å². The first-order valence-electron chi connectivity index (χ1n) is 5.14. The highest BCUT2D eigenvalue weighted by atomic mass is 16.5.